The van der Waals surface area contributed by atoms with Gasteiger partial charge in [0.25, 0.3) is 0 Å². The first-order valence-electron chi connectivity index (χ1n) is 3.66. The predicted octanol–water partition coefficient (Wildman–Crippen LogP) is -1.70. The van der Waals surface area contributed by atoms with Crippen LogP contribution in [0.4, 0.5) is 0 Å². The van der Waals surface area contributed by atoms with Gasteiger partial charge in [0, 0.05) is 13.2 Å². The highest BCUT2D eigenvalue weighted by atomic mass is 16.5. The van der Waals surface area contributed by atoms with Gasteiger partial charge in [-0.25, -0.2) is 0 Å². The molecule has 0 aromatic heterocycles. The summed E-state index contributed by atoms with van der Waals surface area (Å²) >= 11 is 0. The van der Waals surface area contributed by atoms with Crippen LogP contribution in [0.15, 0.2) is 0 Å². The molecule has 69 valence electrons. The van der Waals surface area contributed by atoms with Crippen LogP contribution in [-0.4, -0.2) is 46.7 Å². The number of carbonyl (C=O) groups excluding carboxylic acids is 1. The average molecular weight is 173 g/mol. The first-order valence-corrected chi connectivity index (χ1v) is 3.66. The number of rotatable bonds is 6. The first kappa shape index (κ1) is 11.4. The predicted molar refractivity (Wildman–Crippen MR) is 45.6 cm³/mol. The third-order valence-corrected chi connectivity index (χ3v) is 1.23. The lowest BCUT2D eigenvalue weighted by Crippen LogP contribution is -2.41. The van der Waals surface area contributed by atoms with E-state index in [0.717, 1.165) is 0 Å². The minimum atomic E-state index is -0.526. The van der Waals surface area contributed by atoms with Gasteiger partial charge in [-0.05, 0) is 7.05 Å². The summed E-state index contributed by atoms with van der Waals surface area (Å²) in [6, 6.07) is 0. The van der Waals surface area contributed by atoms with Gasteiger partial charge in [-0.3, -0.25) is 4.79 Å². The molecule has 0 aliphatic carbocycles. The number of hydrogen-bond donors (Lipinski definition) is 2. The maximum absolute atomic E-state index is 10.9. The second-order valence-corrected chi connectivity index (χ2v) is 2.09. The van der Waals surface area contributed by atoms with Crippen molar-refractivity contribution in [2.24, 2.45) is 5.73 Å². The molecule has 6 heteroatoms. The van der Waals surface area contributed by atoms with Gasteiger partial charge >= 0.3 is 13.5 Å². The highest BCUT2D eigenvalue weighted by molar-refractivity contribution is 6.37. The highest BCUT2D eigenvalue weighted by Crippen LogP contribution is 1.85. The summed E-state index contributed by atoms with van der Waals surface area (Å²) < 4.78 is 9.44. The number of hydrogen-bond acceptors (Lipinski definition) is 5. The van der Waals surface area contributed by atoms with Gasteiger partial charge in [0.05, 0.1) is 7.11 Å². The fourth-order valence-electron chi connectivity index (χ4n) is 0.601. The third-order valence-electron chi connectivity index (χ3n) is 1.23. The minimum Gasteiger partial charge on any atom is -0.468 e. The van der Waals surface area contributed by atoms with E-state index in [1.165, 1.54) is 14.6 Å². The van der Waals surface area contributed by atoms with Crippen molar-refractivity contribution in [1.82, 2.24) is 5.32 Å². The number of carbonyl (C=O) groups is 1. The van der Waals surface area contributed by atoms with Crippen LogP contribution in [0.3, 0.4) is 0 Å². The van der Waals surface area contributed by atoms with Gasteiger partial charge in [0.15, 0.2) is 0 Å². The number of likely N-dealkylation sites (N-methyl/N-ethyl adjacent to an activating group) is 1. The van der Waals surface area contributed by atoms with E-state index in [-0.39, 0.29) is 5.97 Å². The molecule has 0 aromatic carbocycles. The van der Waals surface area contributed by atoms with Crippen molar-refractivity contribution in [3.05, 3.63) is 0 Å². The van der Waals surface area contributed by atoms with Crippen molar-refractivity contribution >= 4 is 13.5 Å². The Morgan fingerprint density at radius 3 is 2.83 bits per heavy atom. The van der Waals surface area contributed by atoms with Crippen molar-refractivity contribution in [3.8, 4) is 0 Å². The Balaban J connectivity index is 3.60. The largest absolute Gasteiger partial charge is 0.468 e. The molecule has 0 heterocycles. The van der Waals surface area contributed by atoms with Crippen LogP contribution in [0.1, 0.15) is 0 Å². The van der Waals surface area contributed by atoms with Crippen LogP contribution in [0.2, 0.25) is 0 Å². The van der Waals surface area contributed by atoms with Crippen molar-refractivity contribution in [2.75, 3.05) is 27.3 Å². The fourth-order valence-corrected chi connectivity index (χ4v) is 0.601. The molecule has 0 fully saturated rings. The number of nitrogens with one attached hydrogen (secondary N) is 1. The lowest BCUT2D eigenvalue weighted by molar-refractivity contribution is -0.141. The molecule has 0 amide bonds. The Labute approximate surface area is 72.9 Å². The molecule has 1 atom stereocenters. The molecule has 12 heavy (non-hydrogen) atoms. The zero-order valence-electron chi connectivity index (χ0n) is 7.37. The van der Waals surface area contributed by atoms with Gasteiger partial charge in [0.1, 0.15) is 5.94 Å². The molecule has 0 aliphatic heterocycles. The molecule has 3 N–H and O–H groups in total. The standard InChI is InChI=1S/C6H14BN2O3/c1-9-5(6(10)11-2)7-12-4-3-8/h5,9H,3-4,8H2,1-2H3. The molecule has 0 aromatic rings. The SMILES string of the molecule is CNC([B]OCCN)C(=O)OC. The summed E-state index contributed by atoms with van der Waals surface area (Å²) in [4.78, 5) is 10.9. The smallest absolute Gasteiger partial charge is 0.323 e. The first-order chi connectivity index (χ1) is 5.76. The molecule has 1 unspecified atom stereocenters. The number of esters is 1. The Morgan fingerprint density at radius 2 is 2.42 bits per heavy atom. The van der Waals surface area contributed by atoms with Crippen molar-refractivity contribution in [2.45, 2.75) is 5.94 Å². The van der Waals surface area contributed by atoms with E-state index in [1.807, 2.05) is 0 Å². The van der Waals surface area contributed by atoms with Gasteiger partial charge in [-0.15, -0.1) is 0 Å². The molecule has 1 radical (unpaired) electrons. The topological polar surface area (TPSA) is 73.6 Å². The molecule has 0 rings (SSSR count). The number of ether oxygens (including phenoxy) is 1. The summed E-state index contributed by atoms with van der Waals surface area (Å²) in [6.07, 6.45) is 0. The molecule has 0 bridgehead atoms. The van der Waals surface area contributed by atoms with Gasteiger partial charge in [-0.2, -0.15) is 0 Å². The van der Waals surface area contributed by atoms with Gasteiger partial charge in [-0.1, -0.05) is 0 Å². The van der Waals surface area contributed by atoms with Crippen LogP contribution in [0, 0.1) is 0 Å². The van der Waals surface area contributed by atoms with E-state index in [4.69, 9.17) is 10.4 Å². The van der Waals surface area contributed by atoms with E-state index < -0.39 is 5.94 Å². The lowest BCUT2D eigenvalue weighted by Gasteiger charge is -2.11. The number of nitrogens with two attached hydrogens (primary N) is 1. The summed E-state index contributed by atoms with van der Waals surface area (Å²) in [5.74, 6) is -0.906. The molecular formula is C6H14BN2O3. The molecule has 0 aliphatic rings. The van der Waals surface area contributed by atoms with E-state index in [1.54, 1.807) is 7.05 Å². The molecule has 0 saturated carbocycles. The fraction of sp³-hybridized carbons (Fsp3) is 0.833. The molecular weight excluding hydrogens is 159 g/mol. The lowest BCUT2D eigenvalue weighted by atomic mass is 9.88. The van der Waals surface area contributed by atoms with Crippen LogP contribution in [-0.2, 0) is 14.2 Å². The van der Waals surface area contributed by atoms with Crippen molar-refractivity contribution in [1.29, 1.82) is 0 Å². The number of methoxy groups -OCH3 is 1. The van der Waals surface area contributed by atoms with Crippen LogP contribution < -0.4 is 11.1 Å². The van der Waals surface area contributed by atoms with E-state index in [0.29, 0.717) is 13.2 Å². The highest BCUT2D eigenvalue weighted by Gasteiger charge is 2.18. The van der Waals surface area contributed by atoms with Crippen molar-refractivity contribution in [3.63, 3.8) is 0 Å². The van der Waals surface area contributed by atoms with Crippen LogP contribution in [0.25, 0.3) is 0 Å². The third kappa shape index (κ3) is 4.33. The van der Waals surface area contributed by atoms with E-state index in [9.17, 15) is 4.79 Å². The van der Waals surface area contributed by atoms with Gasteiger partial charge in [0.2, 0.25) is 0 Å². The Morgan fingerprint density at radius 1 is 1.75 bits per heavy atom. The van der Waals surface area contributed by atoms with Crippen LogP contribution >= 0.6 is 0 Å². The molecule has 0 saturated heterocycles. The zero-order valence-corrected chi connectivity index (χ0v) is 7.37. The second kappa shape index (κ2) is 7.09. The normalized spacial score (nSPS) is 12.2. The maximum atomic E-state index is 10.9. The summed E-state index contributed by atoms with van der Waals surface area (Å²) in [7, 11) is 4.34. The maximum Gasteiger partial charge on any atom is 0.323 e. The average Bonchev–Trinajstić information content (AvgIpc) is 2.11. The minimum absolute atomic E-state index is 0.380. The summed E-state index contributed by atoms with van der Waals surface area (Å²) in [5, 5.41) is 2.72. The van der Waals surface area contributed by atoms with Crippen LogP contribution in [0.5, 0.6) is 0 Å². The zero-order chi connectivity index (χ0) is 9.40. The second-order valence-electron chi connectivity index (χ2n) is 2.09. The Bertz CT molecular complexity index is 134. The summed E-state index contributed by atoms with van der Waals surface area (Å²) in [5.41, 5.74) is 5.18. The molecule has 0 spiro atoms. The Kier molecular flexibility index (Phi) is 6.74. The van der Waals surface area contributed by atoms with E-state index >= 15 is 0 Å². The van der Waals surface area contributed by atoms with Crippen molar-refractivity contribution < 1.29 is 14.2 Å². The molecule has 5 nitrogen and oxygen atoms in total. The Hall–Kier alpha value is -0.585. The summed E-state index contributed by atoms with van der Waals surface area (Å²) in [6.45, 7) is 0.823. The quantitative estimate of drug-likeness (QED) is 0.284. The monoisotopic (exact) mass is 173 g/mol. The van der Waals surface area contributed by atoms with Gasteiger partial charge < -0.3 is 20.4 Å². The van der Waals surface area contributed by atoms with E-state index in [2.05, 4.69) is 10.1 Å².